The standard InChI is InChI=1S/C20H29NO4/c1-3-6-15-9-11-17(12-10-15)25-14-19(22)21-13-16-7-4-5-8-18(16)20(23)24-2/h9-12,16,18H,3-8,13-14H2,1-2H3,(H,21,22). The summed E-state index contributed by atoms with van der Waals surface area (Å²) in [6.45, 7) is 2.63. The summed E-state index contributed by atoms with van der Waals surface area (Å²) in [4.78, 5) is 23.9. The first-order valence-corrected chi connectivity index (χ1v) is 9.20. The van der Waals surface area contributed by atoms with Crippen molar-refractivity contribution in [3.8, 4) is 5.75 Å². The average Bonchev–Trinajstić information content (AvgIpc) is 2.65. The quantitative estimate of drug-likeness (QED) is 0.734. The molecule has 1 N–H and O–H groups in total. The van der Waals surface area contributed by atoms with Crippen molar-refractivity contribution < 1.29 is 19.1 Å². The fourth-order valence-corrected chi connectivity index (χ4v) is 3.40. The molecule has 1 saturated carbocycles. The summed E-state index contributed by atoms with van der Waals surface area (Å²) in [6.07, 6.45) is 6.07. The summed E-state index contributed by atoms with van der Waals surface area (Å²) >= 11 is 0. The Labute approximate surface area is 150 Å². The molecular weight excluding hydrogens is 318 g/mol. The lowest BCUT2D eigenvalue weighted by molar-refractivity contribution is -0.148. The van der Waals surface area contributed by atoms with Gasteiger partial charge in [-0.25, -0.2) is 0 Å². The monoisotopic (exact) mass is 347 g/mol. The molecule has 0 radical (unpaired) electrons. The molecule has 5 heteroatoms. The highest BCUT2D eigenvalue weighted by atomic mass is 16.5. The van der Waals surface area contributed by atoms with E-state index >= 15 is 0 Å². The van der Waals surface area contributed by atoms with Crippen LogP contribution in [0, 0.1) is 11.8 Å². The summed E-state index contributed by atoms with van der Waals surface area (Å²) in [5.41, 5.74) is 1.27. The van der Waals surface area contributed by atoms with E-state index in [4.69, 9.17) is 9.47 Å². The minimum absolute atomic E-state index is 0.0112. The lowest BCUT2D eigenvalue weighted by Gasteiger charge is -2.29. The van der Waals surface area contributed by atoms with Crippen LogP contribution in [0.3, 0.4) is 0 Å². The third kappa shape index (κ3) is 6.07. The van der Waals surface area contributed by atoms with E-state index in [0.29, 0.717) is 12.3 Å². The molecule has 1 aromatic rings. The molecule has 25 heavy (non-hydrogen) atoms. The molecule has 0 bridgehead atoms. The number of hydrogen-bond acceptors (Lipinski definition) is 4. The number of nitrogens with one attached hydrogen (secondary N) is 1. The number of hydrogen-bond donors (Lipinski definition) is 1. The van der Waals surface area contributed by atoms with Gasteiger partial charge in [0.15, 0.2) is 6.61 Å². The fourth-order valence-electron chi connectivity index (χ4n) is 3.40. The van der Waals surface area contributed by atoms with Gasteiger partial charge in [0.25, 0.3) is 5.91 Å². The van der Waals surface area contributed by atoms with Crippen LogP contribution in [0.1, 0.15) is 44.6 Å². The number of amides is 1. The maximum Gasteiger partial charge on any atom is 0.309 e. The van der Waals surface area contributed by atoms with Gasteiger partial charge in [0.05, 0.1) is 13.0 Å². The van der Waals surface area contributed by atoms with Crippen molar-refractivity contribution in [2.75, 3.05) is 20.3 Å². The third-order valence-electron chi connectivity index (χ3n) is 4.81. The molecule has 5 nitrogen and oxygen atoms in total. The lowest BCUT2D eigenvalue weighted by Crippen LogP contribution is -2.39. The van der Waals surface area contributed by atoms with Crippen LogP contribution in [0.25, 0.3) is 0 Å². The van der Waals surface area contributed by atoms with E-state index in [1.54, 1.807) is 0 Å². The summed E-state index contributed by atoms with van der Waals surface area (Å²) in [7, 11) is 1.42. The van der Waals surface area contributed by atoms with E-state index in [0.717, 1.165) is 38.5 Å². The summed E-state index contributed by atoms with van der Waals surface area (Å²) < 4.78 is 10.4. The maximum atomic E-state index is 12.0. The molecular formula is C20H29NO4. The van der Waals surface area contributed by atoms with Crippen molar-refractivity contribution >= 4 is 11.9 Å². The van der Waals surface area contributed by atoms with Gasteiger partial charge in [-0.05, 0) is 42.9 Å². The molecule has 0 aliphatic heterocycles. The molecule has 2 unspecified atom stereocenters. The molecule has 0 spiro atoms. The van der Waals surface area contributed by atoms with Gasteiger partial charge in [0.2, 0.25) is 0 Å². The van der Waals surface area contributed by atoms with Crippen LogP contribution in [-0.4, -0.2) is 32.1 Å². The highest BCUT2D eigenvalue weighted by Crippen LogP contribution is 2.30. The van der Waals surface area contributed by atoms with Crippen LogP contribution < -0.4 is 10.1 Å². The van der Waals surface area contributed by atoms with E-state index in [2.05, 4.69) is 12.2 Å². The molecule has 2 atom stereocenters. The van der Waals surface area contributed by atoms with Crippen LogP contribution >= 0.6 is 0 Å². The van der Waals surface area contributed by atoms with E-state index in [1.807, 2.05) is 24.3 Å². The normalized spacial score (nSPS) is 19.9. The zero-order chi connectivity index (χ0) is 18.1. The second-order valence-corrected chi connectivity index (χ2v) is 6.66. The molecule has 0 saturated heterocycles. The Kier molecular flexibility index (Phi) is 7.76. The Morgan fingerprint density at radius 1 is 1.16 bits per heavy atom. The predicted octanol–water partition coefficient (Wildman–Crippen LogP) is 3.11. The van der Waals surface area contributed by atoms with Crippen molar-refractivity contribution in [1.29, 1.82) is 0 Å². The number of carbonyl (C=O) groups excluding carboxylic acids is 2. The Morgan fingerprint density at radius 2 is 1.88 bits per heavy atom. The van der Waals surface area contributed by atoms with E-state index in [-0.39, 0.29) is 30.3 Å². The Balaban J connectivity index is 1.75. The zero-order valence-electron chi connectivity index (χ0n) is 15.3. The summed E-state index contributed by atoms with van der Waals surface area (Å²) in [5.74, 6) is 0.416. The Morgan fingerprint density at radius 3 is 2.56 bits per heavy atom. The average molecular weight is 347 g/mol. The zero-order valence-corrected chi connectivity index (χ0v) is 15.3. The van der Waals surface area contributed by atoms with E-state index in [9.17, 15) is 9.59 Å². The van der Waals surface area contributed by atoms with Crippen molar-refractivity contribution in [3.05, 3.63) is 29.8 Å². The van der Waals surface area contributed by atoms with Crippen LogP contribution in [0.4, 0.5) is 0 Å². The van der Waals surface area contributed by atoms with Crippen molar-refractivity contribution in [2.45, 2.75) is 45.4 Å². The second-order valence-electron chi connectivity index (χ2n) is 6.66. The maximum absolute atomic E-state index is 12.0. The van der Waals surface area contributed by atoms with Crippen molar-refractivity contribution in [3.63, 3.8) is 0 Å². The SMILES string of the molecule is CCCc1ccc(OCC(=O)NCC2CCCCC2C(=O)OC)cc1. The topological polar surface area (TPSA) is 64.6 Å². The van der Waals surface area contributed by atoms with Crippen LogP contribution in [0.2, 0.25) is 0 Å². The largest absolute Gasteiger partial charge is 0.484 e. The molecule has 138 valence electrons. The number of esters is 1. The molecule has 1 aromatic carbocycles. The number of carbonyl (C=O) groups is 2. The highest BCUT2D eigenvalue weighted by molar-refractivity contribution is 5.77. The number of rotatable bonds is 8. The van der Waals surface area contributed by atoms with Gasteiger partial charge in [-0.15, -0.1) is 0 Å². The number of benzene rings is 1. The van der Waals surface area contributed by atoms with Gasteiger partial charge in [-0.3, -0.25) is 9.59 Å². The first kappa shape index (κ1) is 19.3. The smallest absolute Gasteiger partial charge is 0.309 e. The second kappa shape index (κ2) is 10.1. The van der Waals surface area contributed by atoms with Crippen LogP contribution in [0.5, 0.6) is 5.75 Å². The van der Waals surface area contributed by atoms with Gasteiger partial charge in [-0.1, -0.05) is 38.3 Å². The molecule has 0 aromatic heterocycles. The molecule has 1 fully saturated rings. The van der Waals surface area contributed by atoms with Gasteiger partial charge in [-0.2, -0.15) is 0 Å². The molecule has 2 rings (SSSR count). The van der Waals surface area contributed by atoms with Gasteiger partial charge < -0.3 is 14.8 Å². The first-order chi connectivity index (χ1) is 12.1. The fraction of sp³-hybridized carbons (Fsp3) is 0.600. The molecule has 0 heterocycles. The minimum Gasteiger partial charge on any atom is -0.484 e. The summed E-state index contributed by atoms with van der Waals surface area (Å²) in [6, 6.07) is 7.85. The molecule has 1 aliphatic rings. The molecule has 1 aliphatic carbocycles. The van der Waals surface area contributed by atoms with Crippen LogP contribution in [-0.2, 0) is 20.7 Å². The minimum atomic E-state index is -0.164. The Hall–Kier alpha value is -2.04. The number of aryl methyl sites for hydroxylation is 1. The first-order valence-electron chi connectivity index (χ1n) is 9.20. The van der Waals surface area contributed by atoms with Gasteiger partial charge in [0, 0.05) is 6.54 Å². The lowest BCUT2D eigenvalue weighted by atomic mass is 9.79. The van der Waals surface area contributed by atoms with E-state index in [1.165, 1.54) is 12.7 Å². The van der Waals surface area contributed by atoms with Crippen molar-refractivity contribution in [1.82, 2.24) is 5.32 Å². The van der Waals surface area contributed by atoms with Crippen molar-refractivity contribution in [2.24, 2.45) is 11.8 Å². The highest BCUT2D eigenvalue weighted by Gasteiger charge is 2.31. The third-order valence-corrected chi connectivity index (χ3v) is 4.81. The number of ether oxygens (including phenoxy) is 2. The van der Waals surface area contributed by atoms with Crippen LogP contribution in [0.15, 0.2) is 24.3 Å². The number of methoxy groups -OCH3 is 1. The van der Waals surface area contributed by atoms with Gasteiger partial charge in [0.1, 0.15) is 5.75 Å². The van der Waals surface area contributed by atoms with E-state index < -0.39 is 0 Å². The predicted molar refractivity (Wildman–Crippen MR) is 96.4 cm³/mol. The molecule has 1 amide bonds. The van der Waals surface area contributed by atoms with Gasteiger partial charge >= 0.3 is 5.97 Å². The summed E-state index contributed by atoms with van der Waals surface area (Å²) in [5, 5.41) is 2.89. The Bertz CT molecular complexity index is 555.